The number of rotatable bonds is 6. The molecule has 31 heavy (non-hydrogen) atoms. The minimum absolute atomic E-state index is 0.140. The first-order valence-corrected chi connectivity index (χ1v) is 11.9. The summed E-state index contributed by atoms with van der Waals surface area (Å²) in [5.74, 6) is -1.27. The summed E-state index contributed by atoms with van der Waals surface area (Å²) < 4.78 is 27.9. The van der Waals surface area contributed by atoms with Gasteiger partial charge in [0.15, 0.2) is 0 Å². The van der Waals surface area contributed by atoms with Crippen LogP contribution in [-0.2, 0) is 6.42 Å². The number of aromatic nitrogens is 3. The number of pyridine rings is 1. The summed E-state index contributed by atoms with van der Waals surface area (Å²) in [4.78, 5) is 28.6. The van der Waals surface area contributed by atoms with Crippen LogP contribution < -0.4 is 10.2 Å². The van der Waals surface area contributed by atoms with E-state index in [1.807, 2.05) is 11.2 Å². The maximum absolute atomic E-state index is 14.0. The molecule has 3 heterocycles. The number of amides is 1. The van der Waals surface area contributed by atoms with Crippen molar-refractivity contribution in [3.05, 3.63) is 35.4 Å². The number of carbonyl (C=O) groups is 1. The van der Waals surface area contributed by atoms with Crippen molar-refractivity contribution in [2.45, 2.75) is 56.4 Å². The molecule has 9 heteroatoms. The van der Waals surface area contributed by atoms with E-state index < -0.39 is 5.92 Å². The fourth-order valence-corrected chi connectivity index (χ4v) is 4.26. The van der Waals surface area contributed by atoms with Crippen molar-refractivity contribution in [2.24, 2.45) is 5.92 Å². The van der Waals surface area contributed by atoms with Crippen molar-refractivity contribution in [2.75, 3.05) is 29.6 Å². The average molecular weight is 448 g/mol. The molecule has 1 aliphatic heterocycles. The molecule has 2 aliphatic rings. The molecule has 0 bridgehead atoms. The summed E-state index contributed by atoms with van der Waals surface area (Å²) >= 11 is 1.48. The van der Waals surface area contributed by atoms with Crippen molar-refractivity contribution in [1.29, 1.82) is 0 Å². The Morgan fingerprint density at radius 1 is 1.29 bits per heavy atom. The van der Waals surface area contributed by atoms with Gasteiger partial charge in [0.25, 0.3) is 5.91 Å². The van der Waals surface area contributed by atoms with Gasteiger partial charge in [-0.05, 0) is 50.5 Å². The van der Waals surface area contributed by atoms with Crippen LogP contribution in [0.4, 0.5) is 20.3 Å². The summed E-state index contributed by atoms with van der Waals surface area (Å²) in [6.45, 7) is 2.41. The summed E-state index contributed by atoms with van der Waals surface area (Å²) in [7, 11) is 0. The fourth-order valence-electron chi connectivity index (χ4n) is 3.85. The van der Waals surface area contributed by atoms with E-state index in [2.05, 4.69) is 15.3 Å². The normalized spacial score (nSPS) is 18.5. The number of hydrogen-bond acceptors (Lipinski definition) is 6. The van der Waals surface area contributed by atoms with Crippen molar-refractivity contribution in [3.8, 4) is 0 Å². The molecule has 0 unspecified atom stereocenters. The van der Waals surface area contributed by atoms with Gasteiger partial charge in [0, 0.05) is 44.2 Å². The molecule has 0 aromatic carbocycles. The van der Waals surface area contributed by atoms with E-state index in [4.69, 9.17) is 4.98 Å². The second-order valence-corrected chi connectivity index (χ2v) is 9.14. The molecule has 1 amide bonds. The monoisotopic (exact) mass is 447 g/mol. The van der Waals surface area contributed by atoms with Gasteiger partial charge in [-0.25, -0.2) is 23.7 Å². The van der Waals surface area contributed by atoms with Gasteiger partial charge in [0.05, 0.1) is 10.7 Å². The molecule has 1 saturated heterocycles. The molecule has 166 valence electrons. The lowest BCUT2D eigenvalue weighted by atomic mass is 10.1. The number of anilines is 2. The quantitative estimate of drug-likeness (QED) is 0.646. The number of carbonyl (C=O) groups excluding carboxylic acids is 1. The van der Waals surface area contributed by atoms with Gasteiger partial charge in [-0.3, -0.25) is 4.79 Å². The molecule has 2 aromatic rings. The molecule has 1 aliphatic carbocycles. The average Bonchev–Trinajstić information content (AvgIpc) is 3.55. The standard InChI is InChI=1S/C22H27F2N5OS/c1-14-19(21(30)27-16-6-9-25-18(13-16)31-2)20(28-17(26-14)12-15-4-5-15)29-10-3-7-22(23,24)8-11-29/h6,9,13,15H,3-5,7-8,10-12H2,1-2H3,(H,25,27,30). The SMILES string of the molecule is CSc1cc(NC(=O)c2c(C)nc(CC3CC3)nc2N2CCCC(F)(F)CC2)ccn1. The second kappa shape index (κ2) is 9.06. The Morgan fingerprint density at radius 2 is 2.10 bits per heavy atom. The smallest absolute Gasteiger partial charge is 0.261 e. The number of hydrogen-bond donors (Lipinski definition) is 1. The Labute approximate surface area is 185 Å². The van der Waals surface area contributed by atoms with Crippen molar-refractivity contribution in [3.63, 3.8) is 0 Å². The maximum atomic E-state index is 14.0. The van der Waals surface area contributed by atoms with Crippen LogP contribution >= 0.6 is 11.8 Å². The van der Waals surface area contributed by atoms with Crippen LogP contribution in [0.5, 0.6) is 0 Å². The molecule has 0 spiro atoms. The third-order valence-electron chi connectivity index (χ3n) is 5.73. The first-order chi connectivity index (χ1) is 14.8. The van der Waals surface area contributed by atoms with Crippen LogP contribution in [0.2, 0.25) is 0 Å². The lowest BCUT2D eigenvalue weighted by Crippen LogP contribution is -2.31. The maximum Gasteiger partial charge on any atom is 0.261 e. The third kappa shape index (κ3) is 5.50. The minimum Gasteiger partial charge on any atom is -0.356 e. The molecule has 6 nitrogen and oxygen atoms in total. The van der Waals surface area contributed by atoms with Gasteiger partial charge in [-0.2, -0.15) is 0 Å². The molecule has 2 fully saturated rings. The van der Waals surface area contributed by atoms with Gasteiger partial charge >= 0.3 is 0 Å². The highest BCUT2D eigenvalue weighted by molar-refractivity contribution is 7.98. The van der Waals surface area contributed by atoms with Gasteiger partial charge in [0.2, 0.25) is 5.92 Å². The van der Waals surface area contributed by atoms with Crippen LogP contribution in [0.25, 0.3) is 0 Å². The van der Waals surface area contributed by atoms with Gasteiger partial charge < -0.3 is 10.2 Å². The third-order valence-corrected chi connectivity index (χ3v) is 6.37. The molecule has 1 saturated carbocycles. The molecule has 0 atom stereocenters. The second-order valence-electron chi connectivity index (χ2n) is 8.31. The van der Waals surface area contributed by atoms with E-state index >= 15 is 0 Å². The lowest BCUT2D eigenvalue weighted by Gasteiger charge is -2.25. The van der Waals surface area contributed by atoms with E-state index in [1.54, 1.807) is 25.3 Å². The highest BCUT2D eigenvalue weighted by atomic mass is 32.2. The number of alkyl halides is 2. The van der Waals surface area contributed by atoms with E-state index in [1.165, 1.54) is 11.8 Å². The van der Waals surface area contributed by atoms with Gasteiger partial charge in [-0.1, -0.05) is 0 Å². The number of aryl methyl sites for hydroxylation is 1. The number of nitrogens with zero attached hydrogens (tertiary/aromatic N) is 4. The Kier molecular flexibility index (Phi) is 6.41. The summed E-state index contributed by atoms with van der Waals surface area (Å²) in [6, 6.07) is 3.52. The largest absolute Gasteiger partial charge is 0.356 e. The number of halogens is 2. The minimum atomic E-state index is -2.68. The fraction of sp³-hybridized carbons (Fsp3) is 0.545. The van der Waals surface area contributed by atoms with E-state index in [-0.39, 0.29) is 25.3 Å². The zero-order chi connectivity index (χ0) is 22.0. The molecule has 0 radical (unpaired) electrons. The van der Waals surface area contributed by atoms with Crippen LogP contribution in [-0.4, -0.2) is 46.1 Å². The summed E-state index contributed by atoms with van der Waals surface area (Å²) in [6.07, 6.45) is 6.62. The molecule has 1 N–H and O–H groups in total. The summed E-state index contributed by atoms with van der Waals surface area (Å²) in [5.41, 5.74) is 1.56. The first-order valence-electron chi connectivity index (χ1n) is 10.7. The number of thioether (sulfide) groups is 1. The van der Waals surface area contributed by atoms with Gasteiger partial charge in [0.1, 0.15) is 17.2 Å². The van der Waals surface area contributed by atoms with E-state index in [9.17, 15) is 13.6 Å². The molecular formula is C22H27F2N5OS. The highest BCUT2D eigenvalue weighted by Crippen LogP contribution is 2.34. The Hall–Kier alpha value is -2.29. The van der Waals surface area contributed by atoms with Crippen LogP contribution in [0.15, 0.2) is 23.4 Å². The Bertz CT molecular complexity index is 967. The molecule has 4 rings (SSSR count). The van der Waals surface area contributed by atoms with Gasteiger partial charge in [-0.15, -0.1) is 11.8 Å². The molecular weight excluding hydrogens is 420 g/mol. The highest BCUT2D eigenvalue weighted by Gasteiger charge is 2.34. The topological polar surface area (TPSA) is 71.0 Å². The first kappa shape index (κ1) is 21.9. The zero-order valence-corrected chi connectivity index (χ0v) is 18.6. The van der Waals surface area contributed by atoms with Crippen LogP contribution in [0, 0.1) is 12.8 Å². The lowest BCUT2D eigenvalue weighted by molar-refractivity contribution is -0.0102. The predicted molar refractivity (Wildman–Crippen MR) is 118 cm³/mol. The van der Waals surface area contributed by atoms with Crippen molar-refractivity contribution < 1.29 is 13.6 Å². The van der Waals surface area contributed by atoms with Crippen LogP contribution in [0.1, 0.15) is 54.0 Å². The predicted octanol–water partition coefficient (Wildman–Crippen LogP) is 4.73. The van der Waals surface area contributed by atoms with Crippen LogP contribution in [0.3, 0.4) is 0 Å². The number of nitrogens with one attached hydrogen (secondary N) is 1. The summed E-state index contributed by atoms with van der Waals surface area (Å²) in [5, 5.41) is 3.70. The van der Waals surface area contributed by atoms with E-state index in [0.717, 1.165) is 24.3 Å². The molecule has 2 aromatic heterocycles. The Balaban J connectivity index is 1.66. The Morgan fingerprint density at radius 3 is 2.84 bits per heavy atom. The van der Waals surface area contributed by atoms with E-state index in [0.29, 0.717) is 47.5 Å². The zero-order valence-electron chi connectivity index (χ0n) is 17.8. The van der Waals surface area contributed by atoms with Crippen molar-refractivity contribution >= 4 is 29.2 Å². The van der Waals surface area contributed by atoms with Crippen molar-refractivity contribution in [1.82, 2.24) is 15.0 Å².